The van der Waals surface area contributed by atoms with Crippen molar-refractivity contribution in [3.05, 3.63) is 260 Å². The number of anilines is 6. The van der Waals surface area contributed by atoms with Gasteiger partial charge in [0.25, 0.3) is 6.71 Å². The Hall–Kier alpha value is -9.32. The molecule has 0 bridgehead atoms. The van der Waals surface area contributed by atoms with Crippen LogP contribution in [0, 0.1) is 6.92 Å². The Bertz CT molecular complexity index is 3910. The SMILES string of the molecule is Cc1cc2c3c(c1)N(c1ccc(-c4ccccc4)cc1)c1ccc(-n4c5ccccc5c5ccccc54)cc1B3c1cc(-n3c4ccccc4c4ccccc43)ccc1N2c1ccc(-c2ccccc2)cc1. The van der Waals surface area contributed by atoms with E-state index in [1.54, 1.807) is 0 Å². The van der Waals surface area contributed by atoms with Gasteiger partial charge in [0.2, 0.25) is 0 Å². The zero-order valence-corrected chi connectivity index (χ0v) is 39.6. The van der Waals surface area contributed by atoms with Gasteiger partial charge in [0.15, 0.2) is 0 Å². The van der Waals surface area contributed by atoms with E-state index in [0.29, 0.717) is 0 Å². The largest absolute Gasteiger partial charge is 0.311 e. The van der Waals surface area contributed by atoms with E-state index in [1.165, 1.54) is 111 Å². The summed E-state index contributed by atoms with van der Waals surface area (Å²) in [4.78, 5) is 5.06. The summed E-state index contributed by atoms with van der Waals surface area (Å²) < 4.78 is 4.93. The van der Waals surface area contributed by atoms with Crippen LogP contribution >= 0.6 is 0 Å². The molecule has 2 aliphatic rings. The van der Waals surface area contributed by atoms with Crippen LogP contribution in [0.5, 0.6) is 0 Å². The molecule has 0 fully saturated rings. The van der Waals surface area contributed by atoms with E-state index >= 15 is 0 Å². The summed E-state index contributed by atoms with van der Waals surface area (Å²) in [7, 11) is 0. The molecule has 336 valence electrons. The average Bonchev–Trinajstić information content (AvgIpc) is 3.97. The van der Waals surface area contributed by atoms with E-state index in [9.17, 15) is 0 Å². The van der Waals surface area contributed by atoms with Crippen LogP contribution in [0.4, 0.5) is 34.1 Å². The molecular weight excluding hydrogens is 872 g/mol. The van der Waals surface area contributed by atoms with Gasteiger partial charge in [0.05, 0.1) is 22.1 Å². The number of benzene rings is 11. The first-order chi connectivity index (χ1) is 35.6. The van der Waals surface area contributed by atoms with E-state index in [-0.39, 0.29) is 6.71 Å². The van der Waals surface area contributed by atoms with Crippen LogP contribution in [-0.4, -0.2) is 15.8 Å². The Labute approximate surface area is 418 Å². The van der Waals surface area contributed by atoms with Crippen LogP contribution < -0.4 is 26.2 Å². The Morgan fingerprint density at radius 1 is 0.278 bits per heavy atom. The van der Waals surface area contributed by atoms with Crippen molar-refractivity contribution in [2.45, 2.75) is 6.92 Å². The molecule has 0 unspecified atom stereocenters. The third-order valence-electron chi connectivity index (χ3n) is 15.3. The molecule has 0 aliphatic carbocycles. The molecule has 5 heteroatoms. The Morgan fingerprint density at radius 3 is 0.972 bits per heavy atom. The number of hydrogen-bond acceptors (Lipinski definition) is 2. The monoisotopic (exact) mass is 916 g/mol. The van der Waals surface area contributed by atoms with Gasteiger partial charge in [-0.3, -0.25) is 0 Å². The lowest BCUT2D eigenvalue weighted by Gasteiger charge is -2.44. The van der Waals surface area contributed by atoms with Gasteiger partial charge in [-0.05, 0) is 148 Å². The lowest BCUT2D eigenvalue weighted by atomic mass is 9.33. The fourth-order valence-corrected chi connectivity index (χ4v) is 12.2. The molecule has 72 heavy (non-hydrogen) atoms. The average molecular weight is 917 g/mol. The van der Waals surface area contributed by atoms with Gasteiger partial charge in [0.1, 0.15) is 0 Å². The summed E-state index contributed by atoms with van der Waals surface area (Å²) in [5.41, 5.74) is 23.9. The van der Waals surface area contributed by atoms with Crippen molar-refractivity contribution < 1.29 is 0 Å². The van der Waals surface area contributed by atoms with Crippen molar-refractivity contribution in [1.82, 2.24) is 9.13 Å². The summed E-state index contributed by atoms with van der Waals surface area (Å²) in [5.74, 6) is 0. The highest BCUT2D eigenvalue weighted by Gasteiger charge is 2.44. The Balaban J connectivity index is 1.02. The van der Waals surface area contributed by atoms with Crippen LogP contribution in [0.3, 0.4) is 0 Å². The quantitative estimate of drug-likeness (QED) is 0.155. The molecule has 0 atom stereocenters. The zero-order valence-electron chi connectivity index (χ0n) is 39.6. The van der Waals surface area contributed by atoms with Crippen molar-refractivity contribution in [2.75, 3.05) is 9.80 Å². The lowest BCUT2D eigenvalue weighted by molar-refractivity contribution is 1.17. The van der Waals surface area contributed by atoms with Crippen LogP contribution in [0.15, 0.2) is 255 Å². The number of aromatic nitrogens is 2. The second-order valence-electron chi connectivity index (χ2n) is 19.4. The van der Waals surface area contributed by atoms with Crippen molar-refractivity contribution in [1.29, 1.82) is 0 Å². The Kier molecular flexibility index (Phi) is 8.93. The summed E-state index contributed by atoms with van der Waals surface area (Å²) in [6, 6.07) is 94.3. The number of para-hydroxylation sites is 4. The maximum Gasteiger partial charge on any atom is 0.252 e. The normalized spacial score (nSPS) is 12.7. The standard InChI is InChI=1S/C67H45BN4/c1-44-40-65-67-66(41-44)70(50-34-30-48(31-35-50)46-18-6-3-7-19-46)64-39-37-52(72-61-26-14-10-22-55(61)56-23-11-15-27-62(56)72)43-58(64)68(67)57-42-51(71-59-24-12-8-20-53(59)54-21-9-13-25-60(54)71)36-38-63(57)69(65)49-32-28-47(29-33-49)45-16-4-2-5-17-45/h2-43H,1H3. The topological polar surface area (TPSA) is 16.3 Å². The van der Waals surface area contributed by atoms with Gasteiger partial charge in [0, 0.05) is 67.0 Å². The lowest BCUT2D eigenvalue weighted by Crippen LogP contribution is -2.61. The molecule has 0 saturated carbocycles. The minimum Gasteiger partial charge on any atom is -0.311 e. The predicted octanol–water partition coefficient (Wildman–Crippen LogP) is 15.6. The van der Waals surface area contributed by atoms with E-state index in [0.717, 1.165) is 22.7 Å². The Morgan fingerprint density at radius 2 is 0.597 bits per heavy atom. The summed E-state index contributed by atoms with van der Waals surface area (Å²) in [6.45, 7) is 2.14. The number of aryl methyl sites for hydroxylation is 1. The summed E-state index contributed by atoms with van der Waals surface area (Å²) >= 11 is 0. The molecule has 4 nitrogen and oxygen atoms in total. The molecule has 2 aliphatic heterocycles. The first-order valence-corrected chi connectivity index (χ1v) is 25.0. The van der Waals surface area contributed by atoms with Crippen LogP contribution in [-0.2, 0) is 0 Å². The zero-order chi connectivity index (χ0) is 47.4. The van der Waals surface area contributed by atoms with Crippen LogP contribution in [0.2, 0.25) is 0 Å². The molecule has 0 amide bonds. The first kappa shape index (κ1) is 40.6. The fraction of sp³-hybridized carbons (Fsp3) is 0.0149. The van der Waals surface area contributed by atoms with Gasteiger partial charge < -0.3 is 18.9 Å². The second kappa shape index (κ2) is 15.9. The van der Waals surface area contributed by atoms with Crippen LogP contribution in [0.1, 0.15) is 5.56 Å². The molecule has 0 N–H and O–H groups in total. The number of nitrogens with zero attached hydrogens (tertiary/aromatic N) is 4. The number of hydrogen-bond donors (Lipinski definition) is 0. The van der Waals surface area contributed by atoms with Crippen molar-refractivity contribution >= 4 is 101 Å². The molecule has 0 spiro atoms. The molecule has 15 rings (SSSR count). The van der Waals surface area contributed by atoms with E-state index < -0.39 is 0 Å². The first-order valence-electron chi connectivity index (χ1n) is 25.0. The highest BCUT2D eigenvalue weighted by Crippen LogP contribution is 2.46. The van der Waals surface area contributed by atoms with Gasteiger partial charge in [-0.25, -0.2) is 0 Å². The molecule has 0 radical (unpaired) electrons. The predicted molar refractivity (Wildman–Crippen MR) is 305 cm³/mol. The number of rotatable bonds is 6. The smallest absolute Gasteiger partial charge is 0.252 e. The van der Waals surface area contributed by atoms with E-state index in [2.05, 4.69) is 281 Å². The summed E-state index contributed by atoms with van der Waals surface area (Å²) in [5, 5.41) is 5.01. The highest BCUT2D eigenvalue weighted by molar-refractivity contribution is 7.00. The van der Waals surface area contributed by atoms with Gasteiger partial charge in [-0.2, -0.15) is 0 Å². The summed E-state index contributed by atoms with van der Waals surface area (Å²) in [6.07, 6.45) is 0. The van der Waals surface area contributed by atoms with Gasteiger partial charge in [-0.1, -0.05) is 158 Å². The molecule has 0 saturated heterocycles. The molecule has 13 aromatic rings. The van der Waals surface area contributed by atoms with E-state index in [4.69, 9.17) is 0 Å². The fourth-order valence-electron chi connectivity index (χ4n) is 12.2. The van der Waals surface area contributed by atoms with Crippen molar-refractivity contribution in [3.8, 4) is 33.6 Å². The van der Waals surface area contributed by atoms with Crippen LogP contribution in [0.25, 0.3) is 77.2 Å². The minimum atomic E-state index is -0.110. The van der Waals surface area contributed by atoms with Gasteiger partial charge >= 0.3 is 0 Å². The number of fused-ring (bicyclic) bond motifs is 10. The second-order valence-corrected chi connectivity index (χ2v) is 19.4. The minimum absolute atomic E-state index is 0.110. The maximum atomic E-state index is 2.53. The van der Waals surface area contributed by atoms with E-state index in [1.807, 2.05) is 0 Å². The maximum absolute atomic E-state index is 2.53. The third kappa shape index (κ3) is 6.07. The molecule has 4 heterocycles. The van der Waals surface area contributed by atoms with Crippen molar-refractivity contribution in [3.63, 3.8) is 0 Å². The van der Waals surface area contributed by atoms with Gasteiger partial charge in [-0.15, -0.1) is 0 Å². The molecular formula is C67H45BN4. The molecule has 11 aromatic carbocycles. The molecule has 2 aromatic heterocycles. The third-order valence-corrected chi connectivity index (χ3v) is 15.3. The van der Waals surface area contributed by atoms with Crippen molar-refractivity contribution in [2.24, 2.45) is 0 Å². The highest BCUT2D eigenvalue weighted by atomic mass is 15.2.